The van der Waals surface area contributed by atoms with Gasteiger partial charge in [-0.2, -0.15) is 0 Å². The summed E-state index contributed by atoms with van der Waals surface area (Å²) in [5.74, 6) is -0.324. The third-order valence-electron chi connectivity index (χ3n) is 3.04. The Kier molecular flexibility index (Phi) is 3.85. The van der Waals surface area contributed by atoms with Crippen LogP contribution in [0.1, 0.15) is 27.0 Å². The molecule has 0 heterocycles. The highest BCUT2D eigenvalue weighted by molar-refractivity contribution is 5.90. The molecule has 0 radical (unpaired) electrons. The van der Waals surface area contributed by atoms with Crippen LogP contribution < -0.4 is 5.73 Å². The molecule has 98 valence electrons. The molecule has 0 aliphatic carbocycles. The second-order valence-corrected chi connectivity index (χ2v) is 4.59. The Morgan fingerprint density at radius 1 is 1.11 bits per heavy atom. The number of hydrogen-bond acceptors (Lipinski definition) is 3. The quantitative estimate of drug-likeness (QED) is 0.676. The zero-order chi connectivity index (χ0) is 13.8. The zero-order valence-corrected chi connectivity index (χ0v) is 11.1. The number of nitrogens with two attached hydrogens (primary N) is 1. The Morgan fingerprint density at radius 2 is 1.68 bits per heavy atom. The van der Waals surface area contributed by atoms with Crippen molar-refractivity contribution in [3.63, 3.8) is 0 Å². The summed E-state index contributed by atoms with van der Waals surface area (Å²) in [5, 5.41) is 0. The first-order valence-electron chi connectivity index (χ1n) is 6.15. The van der Waals surface area contributed by atoms with Crippen molar-refractivity contribution >= 4 is 11.7 Å². The average Bonchev–Trinajstić information content (AvgIpc) is 2.42. The SMILES string of the molecule is Cc1cc(C(=O)OCc2ccccc2)cc(C)c1N. The van der Waals surface area contributed by atoms with Crippen molar-refractivity contribution in [1.82, 2.24) is 0 Å². The topological polar surface area (TPSA) is 52.3 Å². The van der Waals surface area contributed by atoms with Crippen molar-refractivity contribution in [1.29, 1.82) is 0 Å². The fourth-order valence-electron chi connectivity index (χ4n) is 1.90. The van der Waals surface area contributed by atoms with Crippen LogP contribution in [0.15, 0.2) is 42.5 Å². The lowest BCUT2D eigenvalue weighted by molar-refractivity contribution is 0.0472. The van der Waals surface area contributed by atoms with Gasteiger partial charge >= 0.3 is 5.97 Å². The van der Waals surface area contributed by atoms with E-state index in [1.54, 1.807) is 12.1 Å². The number of aryl methyl sites for hydroxylation is 2. The van der Waals surface area contributed by atoms with Crippen LogP contribution in [0.2, 0.25) is 0 Å². The molecule has 0 saturated carbocycles. The Hall–Kier alpha value is -2.29. The number of nitrogen functional groups attached to an aromatic ring is 1. The molecule has 0 atom stereocenters. The molecule has 3 nitrogen and oxygen atoms in total. The highest BCUT2D eigenvalue weighted by Crippen LogP contribution is 2.19. The average molecular weight is 255 g/mol. The van der Waals surface area contributed by atoms with Crippen LogP contribution in [0.25, 0.3) is 0 Å². The number of rotatable bonds is 3. The number of anilines is 1. The van der Waals surface area contributed by atoms with E-state index in [1.165, 1.54) is 0 Å². The molecule has 0 unspecified atom stereocenters. The molecule has 0 aliphatic rings. The molecule has 3 heteroatoms. The van der Waals surface area contributed by atoms with E-state index in [4.69, 9.17) is 10.5 Å². The third-order valence-corrected chi connectivity index (χ3v) is 3.04. The Balaban J connectivity index is 2.08. The minimum absolute atomic E-state index is 0.280. The van der Waals surface area contributed by atoms with Gasteiger partial charge in [0.15, 0.2) is 0 Å². The van der Waals surface area contributed by atoms with Gasteiger partial charge in [0, 0.05) is 5.69 Å². The van der Waals surface area contributed by atoms with Gasteiger partial charge in [-0.15, -0.1) is 0 Å². The van der Waals surface area contributed by atoms with Gasteiger partial charge in [0.25, 0.3) is 0 Å². The fourth-order valence-corrected chi connectivity index (χ4v) is 1.90. The van der Waals surface area contributed by atoms with Gasteiger partial charge in [0.2, 0.25) is 0 Å². The van der Waals surface area contributed by atoms with Crippen molar-refractivity contribution in [2.75, 3.05) is 5.73 Å². The number of carbonyl (C=O) groups excluding carboxylic acids is 1. The highest BCUT2D eigenvalue weighted by Gasteiger charge is 2.10. The van der Waals surface area contributed by atoms with Crippen LogP contribution in [0.4, 0.5) is 5.69 Å². The lowest BCUT2D eigenvalue weighted by Gasteiger charge is -2.09. The van der Waals surface area contributed by atoms with Crippen molar-refractivity contribution in [3.05, 3.63) is 64.7 Å². The van der Waals surface area contributed by atoms with Gasteiger partial charge in [-0.1, -0.05) is 30.3 Å². The molecule has 0 fully saturated rings. The summed E-state index contributed by atoms with van der Waals surface area (Å²) in [4.78, 5) is 12.0. The molecular formula is C16H17NO2. The van der Waals surface area contributed by atoms with Crippen LogP contribution in [0.3, 0.4) is 0 Å². The predicted molar refractivity (Wildman–Crippen MR) is 75.9 cm³/mol. The van der Waals surface area contributed by atoms with E-state index >= 15 is 0 Å². The van der Waals surface area contributed by atoms with E-state index in [1.807, 2.05) is 44.2 Å². The van der Waals surface area contributed by atoms with Crippen molar-refractivity contribution in [2.24, 2.45) is 0 Å². The summed E-state index contributed by atoms with van der Waals surface area (Å²) in [5.41, 5.74) is 9.89. The summed E-state index contributed by atoms with van der Waals surface area (Å²) >= 11 is 0. The van der Waals surface area contributed by atoms with Gasteiger partial charge in [0.1, 0.15) is 6.61 Å². The molecule has 2 rings (SSSR count). The van der Waals surface area contributed by atoms with Crippen molar-refractivity contribution < 1.29 is 9.53 Å². The molecule has 0 saturated heterocycles. The summed E-state index contributed by atoms with van der Waals surface area (Å²) in [7, 11) is 0. The lowest BCUT2D eigenvalue weighted by Crippen LogP contribution is -2.07. The largest absolute Gasteiger partial charge is 0.457 e. The lowest BCUT2D eigenvalue weighted by atomic mass is 10.0. The summed E-state index contributed by atoms with van der Waals surface area (Å²) in [6.45, 7) is 4.05. The molecule has 0 aliphatic heterocycles. The van der Waals surface area contributed by atoms with Gasteiger partial charge in [-0.05, 0) is 42.7 Å². The summed E-state index contributed by atoms with van der Waals surface area (Å²) < 4.78 is 5.28. The minimum atomic E-state index is -0.324. The van der Waals surface area contributed by atoms with Crippen molar-refractivity contribution in [3.8, 4) is 0 Å². The molecule has 0 amide bonds. The van der Waals surface area contributed by atoms with Crippen LogP contribution >= 0.6 is 0 Å². The van der Waals surface area contributed by atoms with Crippen molar-refractivity contribution in [2.45, 2.75) is 20.5 Å². The second kappa shape index (κ2) is 5.57. The first-order valence-corrected chi connectivity index (χ1v) is 6.15. The van der Waals surface area contributed by atoms with E-state index in [-0.39, 0.29) is 12.6 Å². The number of benzene rings is 2. The van der Waals surface area contributed by atoms with Gasteiger partial charge in [0.05, 0.1) is 5.56 Å². The molecule has 2 aromatic rings. The van der Waals surface area contributed by atoms with Gasteiger partial charge < -0.3 is 10.5 Å². The van der Waals surface area contributed by atoms with E-state index < -0.39 is 0 Å². The molecule has 19 heavy (non-hydrogen) atoms. The number of esters is 1. The maximum Gasteiger partial charge on any atom is 0.338 e. The smallest absolute Gasteiger partial charge is 0.338 e. The van der Waals surface area contributed by atoms with E-state index in [9.17, 15) is 4.79 Å². The number of carbonyl (C=O) groups is 1. The maximum absolute atomic E-state index is 12.0. The second-order valence-electron chi connectivity index (χ2n) is 4.59. The third kappa shape index (κ3) is 3.13. The first-order chi connectivity index (χ1) is 9.08. The predicted octanol–water partition coefficient (Wildman–Crippen LogP) is 3.24. The van der Waals surface area contributed by atoms with Gasteiger partial charge in [-0.25, -0.2) is 4.79 Å². The van der Waals surface area contributed by atoms with Gasteiger partial charge in [-0.3, -0.25) is 0 Å². The Bertz CT molecular complexity index is 568. The Morgan fingerprint density at radius 3 is 2.26 bits per heavy atom. The monoisotopic (exact) mass is 255 g/mol. The van der Waals surface area contributed by atoms with Crippen LogP contribution in [0, 0.1) is 13.8 Å². The molecule has 2 N–H and O–H groups in total. The highest BCUT2D eigenvalue weighted by atomic mass is 16.5. The van der Waals surface area contributed by atoms with Crippen LogP contribution in [-0.2, 0) is 11.3 Å². The Labute approximate surface area is 113 Å². The molecule has 2 aromatic carbocycles. The number of hydrogen-bond donors (Lipinski definition) is 1. The first kappa shape index (κ1) is 13.1. The van der Waals surface area contributed by atoms with Crippen LogP contribution in [-0.4, -0.2) is 5.97 Å². The molecule has 0 spiro atoms. The van der Waals surface area contributed by atoms with E-state index in [0.717, 1.165) is 22.4 Å². The van der Waals surface area contributed by atoms with E-state index in [0.29, 0.717) is 5.56 Å². The molecule has 0 bridgehead atoms. The summed E-state index contributed by atoms with van der Waals surface area (Å²) in [6.07, 6.45) is 0. The van der Waals surface area contributed by atoms with E-state index in [2.05, 4.69) is 0 Å². The normalized spacial score (nSPS) is 10.2. The summed E-state index contributed by atoms with van der Waals surface area (Å²) in [6, 6.07) is 13.1. The number of ether oxygens (including phenoxy) is 1. The molecular weight excluding hydrogens is 238 g/mol. The standard InChI is InChI=1S/C16H17NO2/c1-11-8-14(9-12(2)15(11)17)16(18)19-10-13-6-4-3-5-7-13/h3-9H,10,17H2,1-2H3. The fraction of sp³-hybridized carbons (Fsp3) is 0.188. The minimum Gasteiger partial charge on any atom is -0.457 e. The molecule has 0 aromatic heterocycles. The maximum atomic E-state index is 12.0. The zero-order valence-electron chi connectivity index (χ0n) is 11.1. The van der Waals surface area contributed by atoms with Crippen LogP contribution in [0.5, 0.6) is 0 Å².